The second kappa shape index (κ2) is 6.69. The quantitative estimate of drug-likeness (QED) is 0.397. The molecule has 0 aliphatic heterocycles. The molecule has 0 aliphatic carbocycles. The van der Waals surface area contributed by atoms with Crippen LogP contribution in [0.3, 0.4) is 0 Å². The van der Waals surface area contributed by atoms with E-state index in [1.165, 1.54) is 0 Å². The normalized spacial score (nSPS) is 12.7. The van der Waals surface area contributed by atoms with Gasteiger partial charge in [-0.1, -0.05) is 0 Å². The third kappa shape index (κ3) is 12.1. The molecule has 0 aromatic carbocycles. The number of hydrogen-bond donors (Lipinski definition) is 6. The Morgan fingerprint density at radius 1 is 0.944 bits per heavy atom. The molecule has 0 bridgehead atoms. The van der Waals surface area contributed by atoms with Crippen LogP contribution in [0.15, 0.2) is 18.7 Å². The molecule has 1 rings (SSSR count). The van der Waals surface area contributed by atoms with E-state index in [0.717, 1.165) is 0 Å². The number of hydrogen-bond acceptors (Lipinski definition) is 6. The summed E-state index contributed by atoms with van der Waals surface area (Å²) >= 11 is 0. The maximum absolute atomic E-state index is 10.4. The lowest BCUT2D eigenvalue weighted by atomic mass is 11.0. The summed E-state index contributed by atoms with van der Waals surface area (Å²) in [5.41, 5.74) is 0. The van der Waals surface area contributed by atoms with Gasteiger partial charge in [0.05, 0.1) is 6.33 Å². The largest absolute Gasteiger partial charge is 0.490 e. The minimum atomic E-state index is -5.46. The maximum atomic E-state index is 10.4. The van der Waals surface area contributed by atoms with E-state index in [9.17, 15) is 13.7 Å². The number of nitrogens with zero attached hydrogens (tertiary/aromatic N) is 1. The number of phosphoric acid groups is 3. The van der Waals surface area contributed by atoms with Crippen LogP contribution in [-0.2, 0) is 22.3 Å². The molecule has 0 atom stereocenters. The summed E-state index contributed by atoms with van der Waals surface area (Å²) in [5.74, 6) is 0. The van der Waals surface area contributed by atoms with E-state index in [1.807, 2.05) is 0 Å². The topological polar surface area (TPSA) is 200 Å². The molecule has 0 saturated heterocycles. The fourth-order valence-corrected chi connectivity index (χ4v) is 3.04. The Labute approximate surface area is 99.7 Å². The molecule has 0 aliphatic rings. The van der Waals surface area contributed by atoms with E-state index in [4.69, 9.17) is 24.5 Å². The Kier molecular flexibility index (Phi) is 6.55. The molecule has 106 valence electrons. The van der Waals surface area contributed by atoms with Crippen LogP contribution < -0.4 is 0 Å². The lowest BCUT2D eigenvalue weighted by Crippen LogP contribution is -1.91. The van der Waals surface area contributed by atoms with Gasteiger partial charge in [-0.05, 0) is 0 Å². The molecule has 0 saturated carbocycles. The molecule has 0 fully saturated rings. The number of aromatic amines is 1. The van der Waals surface area contributed by atoms with E-state index in [0.29, 0.717) is 0 Å². The minimum absolute atomic E-state index is 1.62. The van der Waals surface area contributed by atoms with Crippen molar-refractivity contribution in [3.8, 4) is 0 Å². The summed E-state index contributed by atoms with van der Waals surface area (Å²) in [7, 11) is -16.2. The van der Waals surface area contributed by atoms with Crippen molar-refractivity contribution in [2.24, 2.45) is 0 Å². The third-order valence-corrected chi connectivity index (χ3v) is 4.18. The van der Waals surface area contributed by atoms with Crippen molar-refractivity contribution < 1.29 is 46.8 Å². The number of imidazole rings is 1. The Morgan fingerprint density at radius 3 is 1.56 bits per heavy atom. The van der Waals surface area contributed by atoms with Gasteiger partial charge in [0.15, 0.2) is 0 Å². The van der Waals surface area contributed by atoms with Crippen molar-refractivity contribution in [3.63, 3.8) is 0 Å². The monoisotopic (exact) mass is 326 g/mol. The van der Waals surface area contributed by atoms with E-state index in [1.54, 1.807) is 18.7 Å². The van der Waals surface area contributed by atoms with Gasteiger partial charge in [-0.3, -0.25) is 0 Å². The Balaban J connectivity index is 0.000000473. The Morgan fingerprint density at radius 2 is 1.39 bits per heavy atom. The van der Waals surface area contributed by atoms with Gasteiger partial charge in [0, 0.05) is 12.4 Å². The second-order valence-electron chi connectivity index (χ2n) is 2.37. The zero-order chi connectivity index (χ0) is 14.4. The van der Waals surface area contributed by atoms with Crippen molar-refractivity contribution in [3.05, 3.63) is 18.7 Å². The lowest BCUT2D eigenvalue weighted by Gasteiger charge is -2.11. The van der Waals surface area contributed by atoms with E-state index >= 15 is 0 Å². The van der Waals surface area contributed by atoms with Gasteiger partial charge >= 0.3 is 23.5 Å². The summed E-state index contributed by atoms with van der Waals surface area (Å²) in [6.45, 7) is 0. The van der Waals surface area contributed by atoms with Gasteiger partial charge < -0.3 is 29.5 Å². The van der Waals surface area contributed by atoms with Gasteiger partial charge in [0.1, 0.15) is 0 Å². The first-order chi connectivity index (χ1) is 7.91. The third-order valence-electron chi connectivity index (χ3n) is 0.825. The molecule has 0 radical (unpaired) electrons. The molecule has 1 aromatic heterocycles. The summed E-state index contributed by atoms with van der Waals surface area (Å²) in [4.78, 5) is 46.6. The van der Waals surface area contributed by atoms with Crippen molar-refractivity contribution in [2.75, 3.05) is 0 Å². The predicted octanol–water partition coefficient (Wildman–Crippen LogP) is -0.285. The van der Waals surface area contributed by atoms with Gasteiger partial charge in [-0.15, -0.1) is 0 Å². The van der Waals surface area contributed by atoms with Crippen LogP contribution in [0.1, 0.15) is 0 Å². The van der Waals surface area contributed by atoms with Crippen molar-refractivity contribution in [2.45, 2.75) is 0 Å². The number of nitrogens with one attached hydrogen (secondary N) is 1. The van der Waals surface area contributed by atoms with Gasteiger partial charge in [-0.2, -0.15) is 8.62 Å². The van der Waals surface area contributed by atoms with E-state index < -0.39 is 23.5 Å². The van der Waals surface area contributed by atoms with Gasteiger partial charge in [0.2, 0.25) is 0 Å². The highest BCUT2D eigenvalue weighted by Crippen LogP contribution is 2.64. The smallest absolute Gasteiger partial charge is 0.351 e. The fraction of sp³-hybridized carbons (Fsp3) is 0. The van der Waals surface area contributed by atoms with Crippen LogP contribution in [0, 0.1) is 0 Å². The summed E-state index contributed by atoms with van der Waals surface area (Å²) in [6.07, 6.45) is 5.08. The summed E-state index contributed by atoms with van der Waals surface area (Å²) < 4.78 is 36.4. The average Bonchev–Trinajstić information content (AvgIpc) is 2.47. The van der Waals surface area contributed by atoms with Crippen molar-refractivity contribution in [1.82, 2.24) is 9.97 Å². The van der Waals surface area contributed by atoms with Crippen LogP contribution in [-0.4, -0.2) is 34.4 Å². The lowest BCUT2D eigenvalue weighted by molar-refractivity contribution is 0.204. The fourth-order valence-electron chi connectivity index (χ4n) is 0.499. The predicted molar refractivity (Wildman–Crippen MR) is 54.7 cm³/mol. The molecule has 12 nitrogen and oxygen atoms in total. The van der Waals surface area contributed by atoms with Crippen LogP contribution in [0.5, 0.6) is 0 Å². The minimum Gasteiger partial charge on any atom is -0.351 e. The molecule has 1 heterocycles. The first-order valence-electron chi connectivity index (χ1n) is 3.71. The van der Waals surface area contributed by atoms with E-state index in [2.05, 4.69) is 18.6 Å². The molecule has 6 N–H and O–H groups in total. The molecule has 0 amide bonds. The molecule has 0 unspecified atom stereocenters. The standard InChI is InChI=1S/C3H4N2.H5O10P3/c1-2-5-3-4-1;1-11(2,3)9-13(7,8)10-12(4,5)6/h1-3H,(H,4,5);(H,7,8)(H2,1,2,3)(H2,4,5,6). The number of rotatable bonds is 4. The van der Waals surface area contributed by atoms with Crippen LogP contribution in [0.25, 0.3) is 0 Å². The van der Waals surface area contributed by atoms with E-state index in [-0.39, 0.29) is 0 Å². The zero-order valence-electron chi connectivity index (χ0n) is 8.30. The number of aromatic nitrogens is 2. The maximum Gasteiger partial charge on any atom is 0.490 e. The SMILES string of the molecule is O=P(O)(O)OP(=O)(O)OP(=O)(O)O.c1c[nH]cn1. The molecule has 15 heteroatoms. The Hall–Kier alpha value is -0.380. The summed E-state index contributed by atoms with van der Waals surface area (Å²) in [6, 6.07) is 0. The highest BCUT2D eigenvalue weighted by Gasteiger charge is 2.38. The van der Waals surface area contributed by atoms with Crippen LogP contribution in [0.4, 0.5) is 0 Å². The molecular formula is C3H9N2O10P3. The highest BCUT2D eigenvalue weighted by molar-refractivity contribution is 7.66. The van der Waals surface area contributed by atoms with Crippen molar-refractivity contribution >= 4 is 23.5 Å². The average molecular weight is 326 g/mol. The van der Waals surface area contributed by atoms with Gasteiger partial charge in [-0.25, -0.2) is 18.7 Å². The Bertz CT molecular complexity index is 427. The van der Waals surface area contributed by atoms with Crippen LogP contribution in [0.2, 0.25) is 0 Å². The molecule has 1 aromatic rings. The first kappa shape index (κ1) is 17.6. The highest BCUT2D eigenvalue weighted by atomic mass is 31.3. The molecule has 18 heavy (non-hydrogen) atoms. The summed E-state index contributed by atoms with van der Waals surface area (Å²) in [5, 5.41) is 0. The molecular weight excluding hydrogens is 317 g/mol. The van der Waals surface area contributed by atoms with Crippen LogP contribution >= 0.6 is 23.5 Å². The number of H-pyrrole nitrogens is 1. The second-order valence-corrected chi connectivity index (χ2v) is 6.58. The zero-order valence-corrected chi connectivity index (χ0v) is 11.0. The van der Waals surface area contributed by atoms with Crippen molar-refractivity contribution in [1.29, 1.82) is 0 Å². The first-order valence-corrected chi connectivity index (χ1v) is 8.26. The van der Waals surface area contributed by atoms with Gasteiger partial charge in [0.25, 0.3) is 0 Å². The molecule has 0 spiro atoms.